The fourth-order valence-corrected chi connectivity index (χ4v) is 1.95. The minimum Gasteiger partial charge on any atom is -0.390 e. The number of likely N-dealkylation sites (N-methyl/N-ethyl adjacent to an activating group) is 1. The second kappa shape index (κ2) is 7.43. The van der Waals surface area contributed by atoms with Crippen molar-refractivity contribution in [2.75, 3.05) is 27.2 Å². The van der Waals surface area contributed by atoms with Crippen molar-refractivity contribution in [1.29, 1.82) is 0 Å². The van der Waals surface area contributed by atoms with E-state index in [9.17, 15) is 5.11 Å². The smallest absolute Gasteiger partial charge is 0.0791 e. The number of nitrogens with zero attached hydrogens (tertiary/aromatic N) is 1. The lowest BCUT2D eigenvalue weighted by Crippen LogP contribution is -2.36. The Balaban J connectivity index is 2.43. The topological polar surface area (TPSA) is 35.5 Å². The molecular weight excluding hydrogens is 212 g/mol. The Kier molecular flexibility index (Phi) is 6.19. The van der Waals surface area contributed by atoms with Gasteiger partial charge in [0.2, 0.25) is 0 Å². The summed E-state index contributed by atoms with van der Waals surface area (Å²) in [4.78, 5) is 2.00. The number of aliphatic hydroxyl groups is 1. The first-order chi connectivity index (χ1) is 8.13. The molecule has 0 aliphatic heterocycles. The molecule has 0 aromatic heterocycles. The molecule has 96 valence electrons. The van der Waals surface area contributed by atoms with Gasteiger partial charge >= 0.3 is 0 Å². The summed E-state index contributed by atoms with van der Waals surface area (Å²) >= 11 is 0. The number of aliphatic hydroxyl groups excluding tert-OH is 1. The predicted molar refractivity (Wildman–Crippen MR) is 72.0 cm³/mol. The van der Waals surface area contributed by atoms with E-state index in [1.165, 1.54) is 5.56 Å². The highest BCUT2D eigenvalue weighted by atomic mass is 16.3. The number of hydrogen-bond donors (Lipinski definition) is 2. The van der Waals surface area contributed by atoms with Gasteiger partial charge in [0.15, 0.2) is 0 Å². The number of nitrogens with one attached hydrogen (secondary N) is 1. The molecule has 0 aliphatic rings. The van der Waals surface area contributed by atoms with Gasteiger partial charge in [-0.3, -0.25) is 0 Å². The maximum atomic E-state index is 9.81. The van der Waals surface area contributed by atoms with Gasteiger partial charge in [0.25, 0.3) is 0 Å². The van der Waals surface area contributed by atoms with Crippen molar-refractivity contribution >= 4 is 0 Å². The zero-order chi connectivity index (χ0) is 12.7. The van der Waals surface area contributed by atoms with E-state index in [1.807, 2.05) is 25.1 Å². The summed E-state index contributed by atoms with van der Waals surface area (Å²) in [6.07, 6.45) is 0.710. The van der Waals surface area contributed by atoms with E-state index in [0.29, 0.717) is 19.1 Å². The van der Waals surface area contributed by atoms with Crippen LogP contribution < -0.4 is 5.32 Å². The van der Waals surface area contributed by atoms with Gasteiger partial charge in [-0.2, -0.15) is 0 Å². The summed E-state index contributed by atoms with van der Waals surface area (Å²) in [5.41, 5.74) is 1.28. The van der Waals surface area contributed by atoms with E-state index in [2.05, 4.69) is 36.5 Å². The Morgan fingerprint density at radius 3 is 2.41 bits per heavy atom. The highest BCUT2D eigenvalue weighted by molar-refractivity contribution is 5.18. The largest absolute Gasteiger partial charge is 0.390 e. The third-order valence-electron chi connectivity index (χ3n) is 2.79. The Bertz CT molecular complexity index is 300. The van der Waals surface area contributed by atoms with Crippen LogP contribution in [0, 0.1) is 0 Å². The normalized spacial score (nSPS) is 14.9. The van der Waals surface area contributed by atoms with Gasteiger partial charge in [0, 0.05) is 19.1 Å². The van der Waals surface area contributed by atoms with Crippen LogP contribution in [0.1, 0.15) is 24.9 Å². The summed E-state index contributed by atoms with van der Waals surface area (Å²) in [5, 5.41) is 13.2. The van der Waals surface area contributed by atoms with Crippen LogP contribution in [-0.4, -0.2) is 43.3 Å². The predicted octanol–water partition coefficient (Wildman–Crippen LogP) is 1.65. The minimum atomic E-state index is -0.317. The summed E-state index contributed by atoms with van der Waals surface area (Å²) in [7, 11) is 3.94. The highest BCUT2D eigenvalue weighted by Gasteiger charge is 2.11. The van der Waals surface area contributed by atoms with Gasteiger partial charge in [0.1, 0.15) is 0 Å². The summed E-state index contributed by atoms with van der Waals surface area (Å²) < 4.78 is 0. The first-order valence-electron chi connectivity index (χ1n) is 6.24. The van der Waals surface area contributed by atoms with Crippen molar-refractivity contribution in [3.05, 3.63) is 35.9 Å². The zero-order valence-corrected chi connectivity index (χ0v) is 11.1. The first kappa shape index (κ1) is 14.2. The maximum absolute atomic E-state index is 9.81. The minimum absolute atomic E-state index is 0.317. The molecule has 1 rings (SSSR count). The average molecular weight is 236 g/mol. The molecule has 0 bridgehead atoms. The highest BCUT2D eigenvalue weighted by Crippen LogP contribution is 2.15. The van der Waals surface area contributed by atoms with Crippen LogP contribution in [0.25, 0.3) is 0 Å². The molecule has 1 aromatic rings. The molecule has 1 aromatic carbocycles. The first-order valence-corrected chi connectivity index (χ1v) is 6.24. The summed E-state index contributed by atoms with van der Waals surface area (Å²) in [5.74, 6) is 0. The second-order valence-electron chi connectivity index (χ2n) is 4.70. The fourth-order valence-electron chi connectivity index (χ4n) is 1.95. The molecule has 0 saturated carbocycles. The average Bonchev–Trinajstić information content (AvgIpc) is 2.30. The molecule has 0 heterocycles. The molecule has 0 aliphatic carbocycles. The quantitative estimate of drug-likeness (QED) is 0.755. The third-order valence-corrected chi connectivity index (χ3v) is 2.79. The maximum Gasteiger partial charge on any atom is 0.0791 e. The fraction of sp³-hybridized carbons (Fsp3) is 0.571. The molecule has 17 heavy (non-hydrogen) atoms. The van der Waals surface area contributed by atoms with Gasteiger partial charge in [0.05, 0.1) is 6.10 Å². The Morgan fingerprint density at radius 2 is 1.88 bits per heavy atom. The van der Waals surface area contributed by atoms with E-state index < -0.39 is 0 Å². The lowest BCUT2D eigenvalue weighted by Gasteiger charge is -2.21. The lowest BCUT2D eigenvalue weighted by molar-refractivity contribution is 0.131. The van der Waals surface area contributed by atoms with Crippen molar-refractivity contribution < 1.29 is 5.11 Å². The molecule has 0 radical (unpaired) electrons. The van der Waals surface area contributed by atoms with E-state index in [-0.39, 0.29) is 6.10 Å². The van der Waals surface area contributed by atoms with E-state index >= 15 is 0 Å². The van der Waals surface area contributed by atoms with Gasteiger partial charge in [-0.25, -0.2) is 0 Å². The van der Waals surface area contributed by atoms with Crippen LogP contribution in [0.4, 0.5) is 0 Å². The molecule has 2 unspecified atom stereocenters. The summed E-state index contributed by atoms with van der Waals surface area (Å²) in [6, 6.07) is 10.7. The molecule has 3 nitrogen and oxygen atoms in total. The molecule has 2 atom stereocenters. The lowest BCUT2D eigenvalue weighted by atomic mass is 10.0. The molecule has 0 spiro atoms. The number of hydrogen-bond acceptors (Lipinski definition) is 3. The van der Waals surface area contributed by atoms with Gasteiger partial charge < -0.3 is 15.3 Å². The van der Waals surface area contributed by atoms with Gasteiger partial charge in [-0.05, 0) is 26.1 Å². The van der Waals surface area contributed by atoms with Crippen LogP contribution in [0.3, 0.4) is 0 Å². The molecule has 2 N–H and O–H groups in total. The second-order valence-corrected chi connectivity index (χ2v) is 4.70. The van der Waals surface area contributed by atoms with Crippen molar-refractivity contribution in [3.63, 3.8) is 0 Å². The van der Waals surface area contributed by atoms with Gasteiger partial charge in [-0.1, -0.05) is 37.3 Å². The zero-order valence-electron chi connectivity index (χ0n) is 11.1. The van der Waals surface area contributed by atoms with Crippen LogP contribution in [0.2, 0.25) is 0 Å². The van der Waals surface area contributed by atoms with E-state index in [4.69, 9.17) is 0 Å². The van der Waals surface area contributed by atoms with Crippen LogP contribution in [-0.2, 0) is 0 Å². The Hall–Kier alpha value is -0.900. The third kappa shape index (κ3) is 5.31. The van der Waals surface area contributed by atoms with E-state index in [1.54, 1.807) is 0 Å². The van der Waals surface area contributed by atoms with Gasteiger partial charge in [-0.15, -0.1) is 0 Å². The number of rotatable bonds is 7. The Labute approximate surface area is 104 Å². The number of benzene rings is 1. The summed E-state index contributed by atoms with van der Waals surface area (Å²) in [6.45, 7) is 3.48. The van der Waals surface area contributed by atoms with E-state index in [0.717, 1.165) is 6.42 Å². The Morgan fingerprint density at radius 1 is 1.24 bits per heavy atom. The molecule has 0 fully saturated rings. The molecular formula is C14H24N2O. The molecule has 0 amide bonds. The monoisotopic (exact) mass is 236 g/mol. The standard InChI is InChI=1S/C14H24N2O/c1-4-14(12-8-6-5-7-9-12)15-10-13(17)11-16(2)3/h5-9,13-15,17H,4,10-11H2,1-3H3. The van der Waals surface area contributed by atoms with Crippen LogP contribution >= 0.6 is 0 Å². The van der Waals surface area contributed by atoms with Crippen molar-refractivity contribution in [2.45, 2.75) is 25.5 Å². The van der Waals surface area contributed by atoms with Crippen LogP contribution in [0.15, 0.2) is 30.3 Å². The van der Waals surface area contributed by atoms with Crippen molar-refractivity contribution in [3.8, 4) is 0 Å². The van der Waals surface area contributed by atoms with Crippen molar-refractivity contribution in [1.82, 2.24) is 10.2 Å². The molecule has 0 saturated heterocycles. The molecule has 3 heteroatoms. The van der Waals surface area contributed by atoms with Crippen molar-refractivity contribution in [2.24, 2.45) is 0 Å². The SMILES string of the molecule is CCC(NCC(O)CN(C)C)c1ccccc1. The van der Waals surface area contributed by atoms with Crippen LogP contribution in [0.5, 0.6) is 0 Å².